The zero-order valence-electron chi connectivity index (χ0n) is 10.5. The average molecular weight is 263 g/mol. The van der Waals surface area contributed by atoms with E-state index in [4.69, 9.17) is 15.6 Å². The van der Waals surface area contributed by atoms with Crippen LogP contribution in [-0.2, 0) is 4.74 Å². The molecular weight excluding hydrogens is 246 g/mol. The molecule has 1 aromatic rings. The second-order valence-corrected chi connectivity index (χ2v) is 5.17. The van der Waals surface area contributed by atoms with Crippen LogP contribution in [0.25, 0.3) is 0 Å². The van der Waals surface area contributed by atoms with Crippen molar-refractivity contribution in [1.82, 2.24) is 4.98 Å². The highest BCUT2D eigenvalue weighted by molar-refractivity contribution is 5.94. The van der Waals surface area contributed by atoms with Gasteiger partial charge in [-0.2, -0.15) is 0 Å². The van der Waals surface area contributed by atoms with Gasteiger partial charge in [-0.15, -0.1) is 0 Å². The summed E-state index contributed by atoms with van der Waals surface area (Å²) in [6, 6.07) is 1.70. The van der Waals surface area contributed by atoms with Crippen LogP contribution in [0.2, 0.25) is 0 Å². The van der Waals surface area contributed by atoms with Gasteiger partial charge in [0.1, 0.15) is 5.82 Å². The lowest BCUT2D eigenvalue weighted by Crippen LogP contribution is -2.31. The topological polar surface area (TPSA) is 97.5 Å². The number of aromatic carboxylic acids is 1. The Morgan fingerprint density at radius 1 is 1.47 bits per heavy atom. The maximum atomic E-state index is 11.0. The number of carbonyl (C=O) groups is 1. The van der Waals surface area contributed by atoms with Gasteiger partial charge in [-0.05, 0) is 31.2 Å². The fraction of sp³-hybridized carbons (Fsp3) is 0.538. The predicted octanol–water partition coefficient (Wildman–Crippen LogP) is 1.34. The second kappa shape index (κ2) is 4.70. The third-order valence-electron chi connectivity index (χ3n) is 3.72. The van der Waals surface area contributed by atoms with Crippen LogP contribution in [0.3, 0.4) is 0 Å². The fourth-order valence-corrected chi connectivity index (χ4v) is 2.58. The molecule has 0 spiro atoms. The van der Waals surface area contributed by atoms with Gasteiger partial charge in [-0.25, -0.2) is 9.78 Å². The summed E-state index contributed by atoms with van der Waals surface area (Å²) >= 11 is 0. The van der Waals surface area contributed by atoms with Crippen LogP contribution in [0.15, 0.2) is 12.3 Å². The summed E-state index contributed by atoms with van der Waals surface area (Å²) in [5.41, 5.74) is 5.85. The normalized spacial score (nSPS) is 26.3. The summed E-state index contributed by atoms with van der Waals surface area (Å²) in [6.07, 6.45) is 4.98. The molecule has 3 rings (SSSR count). The Morgan fingerprint density at radius 3 is 2.95 bits per heavy atom. The van der Waals surface area contributed by atoms with Crippen molar-refractivity contribution in [3.8, 4) is 0 Å². The maximum absolute atomic E-state index is 11.0. The number of nitrogens with zero attached hydrogens (tertiary/aromatic N) is 1. The maximum Gasteiger partial charge on any atom is 0.337 e. The first-order chi connectivity index (χ1) is 9.15. The number of nitrogens with one attached hydrogen (secondary N) is 1. The molecule has 102 valence electrons. The van der Waals surface area contributed by atoms with E-state index in [9.17, 15) is 4.79 Å². The van der Waals surface area contributed by atoms with E-state index in [1.165, 1.54) is 25.1 Å². The predicted molar refractivity (Wildman–Crippen MR) is 70.1 cm³/mol. The monoisotopic (exact) mass is 263 g/mol. The van der Waals surface area contributed by atoms with Crippen molar-refractivity contribution in [1.29, 1.82) is 0 Å². The first-order valence-corrected chi connectivity index (χ1v) is 6.52. The van der Waals surface area contributed by atoms with Gasteiger partial charge >= 0.3 is 5.97 Å². The smallest absolute Gasteiger partial charge is 0.337 e. The molecule has 1 aliphatic carbocycles. The van der Waals surface area contributed by atoms with Crippen LogP contribution in [0.4, 0.5) is 11.5 Å². The number of anilines is 2. The van der Waals surface area contributed by atoms with E-state index in [0.717, 1.165) is 13.0 Å². The van der Waals surface area contributed by atoms with Gasteiger partial charge in [0, 0.05) is 6.61 Å². The molecule has 2 fully saturated rings. The van der Waals surface area contributed by atoms with Crippen molar-refractivity contribution < 1.29 is 14.6 Å². The van der Waals surface area contributed by atoms with E-state index in [2.05, 4.69) is 10.3 Å². The molecule has 0 amide bonds. The number of aromatic nitrogens is 1. The molecule has 1 aromatic heterocycles. The largest absolute Gasteiger partial charge is 0.478 e. The first kappa shape index (κ1) is 12.2. The zero-order chi connectivity index (χ0) is 13.4. The van der Waals surface area contributed by atoms with Crippen molar-refractivity contribution in [2.45, 2.75) is 31.4 Å². The summed E-state index contributed by atoms with van der Waals surface area (Å²) in [5, 5.41) is 12.3. The van der Waals surface area contributed by atoms with Crippen LogP contribution < -0.4 is 11.1 Å². The number of carboxylic acid groups (broad SMARTS) is 1. The Morgan fingerprint density at radius 2 is 2.26 bits per heavy atom. The van der Waals surface area contributed by atoms with Crippen LogP contribution in [-0.4, -0.2) is 34.8 Å². The van der Waals surface area contributed by atoms with Crippen molar-refractivity contribution in [2.24, 2.45) is 5.92 Å². The van der Waals surface area contributed by atoms with Gasteiger partial charge in [0.15, 0.2) is 0 Å². The summed E-state index contributed by atoms with van der Waals surface area (Å²) in [5.74, 6) is 0.157. The van der Waals surface area contributed by atoms with Crippen LogP contribution in [0.5, 0.6) is 0 Å². The van der Waals surface area contributed by atoms with E-state index < -0.39 is 5.97 Å². The highest BCUT2D eigenvalue weighted by atomic mass is 16.5. The number of hydrogen-bond donors (Lipinski definition) is 3. The number of carboxylic acids is 1. The molecule has 4 N–H and O–H groups in total. The van der Waals surface area contributed by atoms with Gasteiger partial charge in [-0.1, -0.05) is 0 Å². The lowest BCUT2D eigenvalue weighted by Gasteiger charge is -2.20. The molecule has 0 radical (unpaired) electrons. The van der Waals surface area contributed by atoms with Crippen LogP contribution in [0.1, 0.15) is 29.6 Å². The van der Waals surface area contributed by atoms with Crippen molar-refractivity contribution in [3.05, 3.63) is 17.8 Å². The van der Waals surface area contributed by atoms with Gasteiger partial charge < -0.3 is 20.9 Å². The molecular formula is C13H17N3O3. The van der Waals surface area contributed by atoms with E-state index in [-0.39, 0.29) is 23.4 Å². The number of pyridine rings is 1. The molecule has 2 heterocycles. The molecule has 2 unspecified atom stereocenters. The van der Waals surface area contributed by atoms with Crippen LogP contribution in [0, 0.1) is 5.92 Å². The Bertz CT molecular complexity index is 502. The molecule has 1 saturated carbocycles. The van der Waals surface area contributed by atoms with Gasteiger partial charge in [0.2, 0.25) is 0 Å². The standard InChI is InChI=1S/C13H17N3O3/c14-9-6-15-11(5-8(9)13(17)18)16-10-3-4-19-12(10)7-1-2-7/h5-7,10,12H,1-4,14H2,(H,15,16)(H,17,18). The molecule has 0 aromatic carbocycles. The van der Waals surface area contributed by atoms with Gasteiger partial charge in [-0.3, -0.25) is 0 Å². The Hall–Kier alpha value is -1.82. The highest BCUT2D eigenvalue weighted by Gasteiger charge is 2.40. The van der Waals surface area contributed by atoms with Gasteiger partial charge in [0.05, 0.1) is 29.6 Å². The minimum Gasteiger partial charge on any atom is -0.478 e. The highest BCUT2D eigenvalue weighted by Crippen LogP contribution is 2.39. The molecule has 0 bridgehead atoms. The molecule has 2 atom stereocenters. The van der Waals surface area contributed by atoms with E-state index in [1.54, 1.807) is 0 Å². The quantitative estimate of drug-likeness (QED) is 0.758. The van der Waals surface area contributed by atoms with Crippen LogP contribution >= 0.6 is 0 Å². The summed E-state index contributed by atoms with van der Waals surface area (Å²) in [4.78, 5) is 15.2. The van der Waals surface area contributed by atoms with E-state index in [1.807, 2.05) is 0 Å². The second-order valence-electron chi connectivity index (χ2n) is 5.17. The molecule has 6 nitrogen and oxygen atoms in total. The molecule has 1 aliphatic heterocycles. The molecule has 1 saturated heterocycles. The molecule has 6 heteroatoms. The van der Waals surface area contributed by atoms with E-state index in [0.29, 0.717) is 11.7 Å². The Balaban J connectivity index is 1.75. The first-order valence-electron chi connectivity index (χ1n) is 6.52. The lowest BCUT2D eigenvalue weighted by molar-refractivity contribution is 0.0698. The lowest BCUT2D eigenvalue weighted by atomic mass is 10.1. The summed E-state index contributed by atoms with van der Waals surface area (Å²) in [7, 11) is 0. The van der Waals surface area contributed by atoms with Crippen molar-refractivity contribution >= 4 is 17.5 Å². The van der Waals surface area contributed by atoms with Crippen molar-refractivity contribution in [2.75, 3.05) is 17.7 Å². The Kier molecular flexibility index (Phi) is 3.02. The third kappa shape index (κ3) is 2.49. The Labute approximate surface area is 111 Å². The average Bonchev–Trinajstić information content (AvgIpc) is 3.12. The minimum absolute atomic E-state index is 0.0828. The van der Waals surface area contributed by atoms with Crippen molar-refractivity contribution in [3.63, 3.8) is 0 Å². The van der Waals surface area contributed by atoms with E-state index >= 15 is 0 Å². The third-order valence-corrected chi connectivity index (χ3v) is 3.72. The number of hydrogen-bond acceptors (Lipinski definition) is 5. The summed E-state index contributed by atoms with van der Waals surface area (Å²) in [6.45, 7) is 0.750. The SMILES string of the molecule is Nc1cnc(NC2CCOC2C2CC2)cc1C(=O)O. The number of nitrogens with two attached hydrogens (primary N) is 1. The molecule has 2 aliphatic rings. The number of ether oxygens (including phenoxy) is 1. The summed E-state index contributed by atoms with van der Waals surface area (Å²) < 4.78 is 5.73. The molecule has 19 heavy (non-hydrogen) atoms. The number of nitrogen functional groups attached to an aromatic ring is 1. The van der Waals surface area contributed by atoms with Gasteiger partial charge in [0.25, 0.3) is 0 Å². The number of rotatable bonds is 4. The zero-order valence-corrected chi connectivity index (χ0v) is 10.5. The minimum atomic E-state index is -1.04. The fourth-order valence-electron chi connectivity index (χ4n) is 2.58.